The number of aromatic nitrogens is 1. The van der Waals surface area contributed by atoms with E-state index in [4.69, 9.17) is 5.11 Å². The van der Waals surface area contributed by atoms with Gasteiger partial charge in [0.15, 0.2) is 0 Å². The minimum absolute atomic E-state index is 0.211. The van der Waals surface area contributed by atoms with Crippen molar-refractivity contribution in [1.82, 2.24) is 9.88 Å². The van der Waals surface area contributed by atoms with Gasteiger partial charge >= 0.3 is 6.09 Å². The summed E-state index contributed by atoms with van der Waals surface area (Å²) in [5.74, 6) is 1.06. The van der Waals surface area contributed by atoms with Crippen molar-refractivity contribution in [3.05, 3.63) is 18.3 Å². The predicted octanol–water partition coefficient (Wildman–Crippen LogP) is 2.32. The number of hydrogen-bond acceptors (Lipinski definition) is 5. The molecule has 3 aliphatic rings. The van der Waals surface area contributed by atoms with E-state index in [-0.39, 0.29) is 23.5 Å². The SMILES string of the molecule is CN(C(=O)O)c1ccc(N2CCC[C@]3(CCN(C4CCC(O)CC4)C3=O)C2)nc1. The lowest BCUT2D eigenvalue weighted by Crippen LogP contribution is -2.50. The number of amides is 2. The van der Waals surface area contributed by atoms with Gasteiger partial charge in [0.05, 0.1) is 23.4 Å². The largest absolute Gasteiger partial charge is 0.465 e. The number of hydrogen-bond donors (Lipinski definition) is 2. The van der Waals surface area contributed by atoms with Crippen LogP contribution < -0.4 is 9.80 Å². The van der Waals surface area contributed by atoms with E-state index in [1.165, 1.54) is 7.05 Å². The summed E-state index contributed by atoms with van der Waals surface area (Å²) in [6, 6.07) is 3.87. The van der Waals surface area contributed by atoms with Crippen LogP contribution in [0.5, 0.6) is 0 Å². The maximum atomic E-state index is 13.4. The molecule has 3 heterocycles. The molecule has 1 spiro atoms. The first kappa shape index (κ1) is 19.9. The quantitative estimate of drug-likeness (QED) is 0.805. The number of nitrogens with zero attached hydrogens (tertiary/aromatic N) is 4. The highest BCUT2D eigenvalue weighted by Crippen LogP contribution is 2.43. The number of carbonyl (C=O) groups excluding carboxylic acids is 1. The number of carboxylic acid groups (broad SMARTS) is 1. The molecule has 0 radical (unpaired) electrons. The van der Waals surface area contributed by atoms with Gasteiger partial charge in [0.25, 0.3) is 0 Å². The fourth-order valence-corrected chi connectivity index (χ4v) is 5.15. The van der Waals surface area contributed by atoms with Crippen LogP contribution in [0, 0.1) is 5.41 Å². The second-order valence-corrected chi connectivity index (χ2v) is 8.73. The molecule has 2 N–H and O–H groups in total. The molecule has 2 amide bonds. The molecule has 158 valence electrons. The average Bonchev–Trinajstić information content (AvgIpc) is 3.04. The van der Waals surface area contributed by atoms with Gasteiger partial charge in [-0.15, -0.1) is 0 Å². The first-order valence-electron chi connectivity index (χ1n) is 10.6. The molecule has 1 saturated carbocycles. The van der Waals surface area contributed by atoms with Crippen molar-refractivity contribution in [2.45, 2.75) is 57.1 Å². The fourth-order valence-electron chi connectivity index (χ4n) is 5.15. The van der Waals surface area contributed by atoms with Gasteiger partial charge < -0.3 is 20.0 Å². The molecule has 1 aromatic rings. The van der Waals surface area contributed by atoms with Crippen LogP contribution in [0.25, 0.3) is 0 Å². The molecule has 29 heavy (non-hydrogen) atoms. The number of anilines is 2. The highest BCUT2D eigenvalue weighted by Gasteiger charge is 2.50. The third kappa shape index (κ3) is 3.77. The van der Waals surface area contributed by atoms with Crippen LogP contribution in [0.4, 0.5) is 16.3 Å². The van der Waals surface area contributed by atoms with E-state index in [0.29, 0.717) is 12.2 Å². The Morgan fingerprint density at radius 2 is 1.97 bits per heavy atom. The molecule has 3 fully saturated rings. The number of carbonyl (C=O) groups is 2. The predicted molar refractivity (Wildman–Crippen MR) is 109 cm³/mol. The summed E-state index contributed by atoms with van der Waals surface area (Å²) >= 11 is 0. The Hall–Kier alpha value is -2.35. The van der Waals surface area contributed by atoms with E-state index in [2.05, 4.69) is 14.8 Å². The van der Waals surface area contributed by atoms with Crippen LogP contribution in [0.1, 0.15) is 44.9 Å². The van der Waals surface area contributed by atoms with Crippen molar-refractivity contribution in [1.29, 1.82) is 0 Å². The molecule has 2 saturated heterocycles. The minimum Gasteiger partial charge on any atom is -0.465 e. The first-order valence-corrected chi connectivity index (χ1v) is 10.6. The van der Waals surface area contributed by atoms with E-state index >= 15 is 0 Å². The van der Waals surface area contributed by atoms with Crippen LogP contribution in [-0.2, 0) is 4.79 Å². The molecule has 0 unspecified atom stereocenters. The maximum absolute atomic E-state index is 13.4. The summed E-state index contributed by atoms with van der Waals surface area (Å²) in [5, 5.41) is 18.9. The zero-order valence-corrected chi connectivity index (χ0v) is 17.0. The Morgan fingerprint density at radius 1 is 1.21 bits per heavy atom. The van der Waals surface area contributed by atoms with Crippen molar-refractivity contribution in [2.24, 2.45) is 5.41 Å². The lowest BCUT2D eigenvalue weighted by molar-refractivity contribution is -0.139. The van der Waals surface area contributed by atoms with Crippen LogP contribution in [0.15, 0.2) is 18.3 Å². The van der Waals surface area contributed by atoms with Gasteiger partial charge in [-0.25, -0.2) is 9.78 Å². The Morgan fingerprint density at radius 3 is 2.62 bits per heavy atom. The van der Waals surface area contributed by atoms with Crippen LogP contribution >= 0.6 is 0 Å². The zero-order valence-electron chi connectivity index (χ0n) is 17.0. The summed E-state index contributed by atoms with van der Waals surface area (Å²) in [7, 11) is 1.49. The van der Waals surface area contributed by atoms with Crippen LogP contribution in [0.3, 0.4) is 0 Å². The third-order valence-electron chi connectivity index (χ3n) is 6.96. The molecule has 1 aromatic heterocycles. The number of rotatable bonds is 3. The molecule has 1 atom stereocenters. The molecule has 2 aliphatic heterocycles. The molecule has 4 rings (SSSR count). The van der Waals surface area contributed by atoms with Crippen molar-refractivity contribution >= 4 is 23.5 Å². The van der Waals surface area contributed by atoms with Gasteiger partial charge in [-0.1, -0.05) is 0 Å². The smallest absolute Gasteiger partial charge is 0.411 e. The fraction of sp³-hybridized carbons (Fsp3) is 0.667. The summed E-state index contributed by atoms with van der Waals surface area (Å²) in [6.07, 6.45) is 6.43. The highest BCUT2D eigenvalue weighted by molar-refractivity contribution is 5.86. The average molecular weight is 402 g/mol. The van der Waals surface area contributed by atoms with Crippen molar-refractivity contribution in [3.8, 4) is 0 Å². The van der Waals surface area contributed by atoms with E-state index in [0.717, 1.165) is 68.8 Å². The molecule has 8 nitrogen and oxygen atoms in total. The van der Waals surface area contributed by atoms with Crippen molar-refractivity contribution < 1.29 is 19.8 Å². The zero-order chi connectivity index (χ0) is 20.6. The topological polar surface area (TPSA) is 97.2 Å². The summed E-state index contributed by atoms with van der Waals surface area (Å²) in [6.45, 7) is 2.33. The van der Waals surface area contributed by atoms with Crippen molar-refractivity contribution in [3.63, 3.8) is 0 Å². The molecule has 8 heteroatoms. The number of aliphatic hydroxyl groups excluding tert-OH is 1. The standard InChI is InChI=1S/C21H30N4O4/c1-23(20(28)29)16-5-8-18(22-13-16)24-11-2-9-21(14-24)10-12-25(19(21)27)15-3-6-17(26)7-4-15/h5,8,13,15,17,26H,2-4,6-7,9-12,14H2,1H3,(H,28,29)/t15?,17?,21-/m0/s1. The molecular formula is C21H30N4O4. The third-order valence-corrected chi connectivity index (χ3v) is 6.96. The lowest BCUT2D eigenvalue weighted by atomic mass is 9.78. The van der Waals surface area contributed by atoms with Gasteiger partial charge in [0.1, 0.15) is 5.82 Å². The monoisotopic (exact) mass is 402 g/mol. The van der Waals surface area contributed by atoms with Gasteiger partial charge in [-0.2, -0.15) is 0 Å². The second kappa shape index (κ2) is 7.82. The van der Waals surface area contributed by atoms with Gasteiger partial charge in [0.2, 0.25) is 5.91 Å². The van der Waals surface area contributed by atoms with E-state index in [1.54, 1.807) is 12.3 Å². The maximum Gasteiger partial charge on any atom is 0.411 e. The van der Waals surface area contributed by atoms with Gasteiger partial charge in [-0.3, -0.25) is 9.69 Å². The van der Waals surface area contributed by atoms with E-state index < -0.39 is 6.09 Å². The van der Waals surface area contributed by atoms with E-state index in [1.807, 2.05) is 6.07 Å². The van der Waals surface area contributed by atoms with E-state index in [9.17, 15) is 14.7 Å². The summed E-state index contributed by atoms with van der Waals surface area (Å²) < 4.78 is 0. The number of likely N-dealkylation sites (tertiary alicyclic amines) is 1. The normalized spacial score (nSPS) is 30.1. The van der Waals surface area contributed by atoms with Crippen LogP contribution in [0.2, 0.25) is 0 Å². The first-order chi connectivity index (χ1) is 13.9. The summed E-state index contributed by atoms with van der Waals surface area (Å²) in [4.78, 5) is 34.4. The Kier molecular flexibility index (Phi) is 5.38. The Balaban J connectivity index is 1.45. The van der Waals surface area contributed by atoms with Crippen molar-refractivity contribution in [2.75, 3.05) is 36.5 Å². The Labute approximate surface area is 171 Å². The Bertz CT molecular complexity index is 762. The number of pyridine rings is 1. The molecular weight excluding hydrogens is 372 g/mol. The van der Waals surface area contributed by atoms with Gasteiger partial charge in [-0.05, 0) is 57.1 Å². The molecule has 0 bridgehead atoms. The lowest BCUT2D eigenvalue weighted by Gasteiger charge is -2.41. The summed E-state index contributed by atoms with van der Waals surface area (Å²) in [5.41, 5.74) is 0.183. The number of piperidine rings is 1. The minimum atomic E-state index is -1.02. The van der Waals surface area contributed by atoms with Crippen LogP contribution in [-0.4, -0.2) is 70.9 Å². The number of aliphatic hydroxyl groups is 1. The second-order valence-electron chi connectivity index (χ2n) is 8.73. The highest BCUT2D eigenvalue weighted by atomic mass is 16.4. The van der Waals surface area contributed by atoms with Gasteiger partial charge in [0, 0.05) is 32.7 Å². The molecule has 0 aromatic carbocycles. The molecule has 1 aliphatic carbocycles.